The van der Waals surface area contributed by atoms with E-state index in [1.807, 2.05) is 62.4 Å². The molecule has 156 valence electrons. The van der Waals surface area contributed by atoms with Crippen molar-refractivity contribution in [2.24, 2.45) is 0 Å². The van der Waals surface area contributed by atoms with Gasteiger partial charge < -0.3 is 14.2 Å². The predicted octanol–water partition coefficient (Wildman–Crippen LogP) is 7.21. The number of aryl methyl sites for hydroxylation is 2. The summed E-state index contributed by atoms with van der Waals surface area (Å²) in [6.45, 7) is 3.71. The third kappa shape index (κ3) is 5.29. The summed E-state index contributed by atoms with van der Waals surface area (Å²) in [7, 11) is 0. The van der Waals surface area contributed by atoms with Gasteiger partial charge in [-0.2, -0.15) is 0 Å². The average molecular weight is 599 g/mol. The number of aliphatic hydroxyl groups is 1. The van der Waals surface area contributed by atoms with Crippen LogP contribution in [-0.4, -0.2) is 15.4 Å². The van der Waals surface area contributed by atoms with Crippen LogP contribution in [0.2, 0.25) is 0 Å². The van der Waals surface area contributed by atoms with Gasteiger partial charge >= 0.3 is 0 Å². The Morgan fingerprint density at radius 2 is 1.13 bits per heavy atom. The van der Waals surface area contributed by atoms with E-state index in [1.54, 1.807) is 0 Å². The number of aromatic nitrogens is 2. The third-order valence-electron chi connectivity index (χ3n) is 4.47. The van der Waals surface area contributed by atoms with Crippen molar-refractivity contribution in [2.45, 2.75) is 25.8 Å². The molecule has 0 spiro atoms. The maximum Gasteiger partial charge on any atom is 0.172 e. The number of alkyl halides is 1. The normalized spacial score (nSPS) is 10.6. The fourth-order valence-electron chi connectivity index (χ4n) is 2.78. The van der Waals surface area contributed by atoms with Crippen LogP contribution in [-0.2, 0) is 11.9 Å². The second kappa shape index (κ2) is 10.5. The largest absolute Gasteiger partial charge is 0.391 e. The van der Waals surface area contributed by atoms with Gasteiger partial charge in [0.05, 0.1) is 18.0 Å². The van der Waals surface area contributed by atoms with E-state index in [0.29, 0.717) is 5.76 Å². The van der Waals surface area contributed by atoms with Crippen molar-refractivity contribution >= 4 is 47.8 Å². The first-order valence-corrected chi connectivity index (χ1v) is 11.7. The van der Waals surface area contributed by atoms with Gasteiger partial charge in [0.15, 0.2) is 11.5 Å². The summed E-state index contributed by atoms with van der Waals surface area (Å²) in [6.07, 6.45) is 0. The van der Waals surface area contributed by atoms with Crippen LogP contribution in [0.1, 0.15) is 22.5 Å². The molecule has 1 N–H and O–H groups in total. The maximum atomic E-state index is 9.19. The molecule has 0 aliphatic carbocycles. The van der Waals surface area contributed by atoms with Gasteiger partial charge in [-0.05, 0) is 38.1 Å². The van der Waals surface area contributed by atoms with E-state index in [9.17, 15) is 5.11 Å². The highest BCUT2D eigenvalue weighted by molar-refractivity contribution is 9.10. The molecular weight excluding hydrogens is 580 g/mol. The van der Waals surface area contributed by atoms with Gasteiger partial charge in [-0.25, -0.2) is 0 Å². The first-order chi connectivity index (χ1) is 14.4. The first-order valence-electron chi connectivity index (χ1n) is 9.03. The number of hydrogen-bond acceptors (Lipinski definition) is 5. The van der Waals surface area contributed by atoms with Gasteiger partial charge in [0.2, 0.25) is 0 Å². The predicted molar refractivity (Wildman–Crippen MR) is 127 cm³/mol. The van der Waals surface area contributed by atoms with E-state index in [-0.39, 0.29) is 6.61 Å². The van der Waals surface area contributed by atoms with E-state index in [0.717, 1.165) is 53.7 Å². The van der Waals surface area contributed by atoms with Crippen LogP contribution in [0.4, 0.5) is 0 Å². The monoisotopic (exact) mass is 596 g/mol. The molecule has 4 aromatic rings. The summed E-state index contributed by atoms with van der Waals surface area (Å²) < 4.78 is 12.6. The summed E-state index contributed by atoms with van der Waals surface area (Å²) in [4.78, 5) is 0. The van der Waals surface area contributed by atoms with Crippen molar-refractivity contribution in [3.63, 3.8) is 0 Å². The van der Waals surface area contributed by atoms with E-state index in [2.05, 4.69) is 58.1 Å². The van der Waals surface area contributed by atoms with Gasteiger partial charge in [0.25, 0.3) is 0 Å². The summed E-state index contributed by atoms with van der Waals surface area (Å²) in [6, 6.07) is 15.7. The second-order valence-corrected chi connectivity index (χ2v) is 8.85. The maximum absolute atomic E-state index is 9.19. The number of benzene rings is 2. The fraction of sp³-hybridized carbons (Fsp3) is 0.182. The zero-order chi connectivity index (χ0) is 21.7. The molecule has 2 aromatic carbocycles. The van der Waals surface area contributed by atoms with Crippen LogP contribution in [0.3, 0.4) is 0 Å². The van der Waals surface area contributed by atoms with Crippen molar-refractivity contribution < 1.29 is 14.2 Å². The third-order valence-corrected chi connectivity index (χ3v) is 6.09. The Bertz CT molecular complexity index is 1010. The van der Waals surface area contributed by atoms with Crippen molar-refractivity contribution in [3.05, 3.63) is 80.0 Å². The fourth-order valence-corrected chi connectivity index (χ4v) is 3.97. The molecule has 0 atom stereocenters. The molecule has 0 radical (unpaired) electrons. The Labute approximate surface area is 199 Å². The lowest BCUT2D eigenvalue weighted by molar-refractivity contribution is 0.281. The summed E-state index contributed by atoms with van der Waals surface area (Å²) in [5.74, 6) is 1.49. The molecule has 0 saturated heterocycles. The number of rotatable bonds is 4. The van der Waals surface area contributed by atoms with Gasteiger partial charge in [-0.1, -0.05) is 82.4 Å². The summed E-state index contributed by atoms with van der Waals surface area (Å²) >= 11 is 10.2. The Kier molecular flexibility index (Phi) is 8.05. The van der Waals surface area contributed by atoms with Crippen molar-refractivity contribution in [2.75, 3.05) is 0 Å². The van der Waals surface area contributed by atoms with E-state index in [1.165, 1.54) is 0 Å². The molecule has 8 heteroatoms. The lowest BCUT2D eigenvalue weighted by atomic mass is 10.1. The summed E-state index contributed by atoms with van der Waals surface area (Å²) in [5, 5.41) is 17.8. The minimum Gasteiger partial charge on any atom is -0.391 e. The van der Waals surface area contributed by atoms with Gasteiger partial charge in [0, 0.05) is 36.5 Å². The van der Waals surface area contributed by atoms with Crippen molar-refractivity contribution in [3.8, 4) is 22.6 Å². The quantitative estimate of drug-likeness (QED) is 0.251. The molecule has 0 fully saturated rings. The smallest absolute Gasteiger partial charge is 0.172 e. The molecule has 5 nitrogen and oxygen atoms in total. The highest BCUT2D eigenvalue weighted by atomic mass is 79.9. The molecule has 0 aliphatic rings. The molecule has 0 bridgehead atoms. The molecule has 0 aliphatic heterocycles. The average Bonchev–Trinajstić information content (AvgIpc) is 3.31. The molecule has 0 unspecified atom stereocenters. The van der Waals surface area contributed by atoms with Gasteiger partial charge in [0.1, 0.15) is 0 Å². The molecule has 4 rings (SSSR count). The van der Waals surface area contributed by atoms with E-state index < -0.39 is 0 Å². The first kappa shape index (κ1) is 22.9. The lowest BCUT2D eigenvalue weighted by Gasteiger charge is -1.99. The summed E-state index contributed by atoms with van der Waals surface area (Å²) in [5.41, 5.74) is 5.49. The SMILES string of the molecule is Cc1noc(-c2ccc(Br)cc2)c1CBr.Cc1noc(-c2ccc(Br)cc2)c1CO. The van der Waals surface area contributed by atoms with Crippen LogP contribution in [0.25, 0.3) is 22.6 Å². The van der Waals surface area contributed by atoms with Crippen molar-refractivity contribution in [1.82, 2.24) is 10.3 Å². The van der Waals surface area contributed by atoms with E-state index >= 15 is 0 Å². The highest BCUT2D eigenvalue weighted by Gasteiger charge is 2.14. The Balaban J connectivity index is 0.000000171. The van der Waals surface area contributed by atoms with Crippen molar-refractivity contribution in [1.29, 1.82) is 0 Å². The zero-order valence-electron chi connectivity index (χ0n) is 16.3. The minimum absolute atomic E-state index is 0.0548. The number of nitrogens with zero attached hydrogens (tertiary/aromatic N) is 2. The minimum atomic E-state index is -0.0548. The van der Waals surface area contributed by atoms with Crippen LogP contribution < -0.4 is 0 Å². The Morgan fingerprint density at radius 1 is 0.733 bits per heavy atom. The molecule has 30 heavy (non-hydrogen) atoms. The number of halogens is 3. The Hall–Kier alpha value is -1.74. The molecule has 0 amide bonds. The van der Waals surface area contributed by atoms with Crippen LogP contribution in [0.5, 0.6) is 0 Å². The van der Waals surface area contributed by atoms with Crippen LogP contribution in [0.15, 0.2) is 66.5 Å². The molecule has 2 heterocycles. The second-order valence-electron chi connectivity index (χ2n) is 6.46. The number of aliphatic hydroxyl groups excluding tert-OH is 1. The molecule has 0 saturated carbocycles. The van der Waals surface area contributed by atoms with E-state index in [4.69, 9.17) is 9.05 Å². The van der Waals surface area contributed by atoms with Gasteiger partial charge in [-0.3, -0.25) is 0 Å². The zero-order valence-corrected chi connectivity index (χ0v) is 21.1. The van der Waals surface area contributed by atoms with Crippen LogP contribution in [0, 0.1) is 13.8 Å². The molecule has 2 aromatic heterocycles. The topological polar surface area (TPSA) is 72.3 Å². The van der Waals surface area contributed by atoms with Crippen LogP contribution >= 0.6 is 47.8 Å². The molecular formula is C22H19Br3N2O3. The van der Waals surface area contributed by atoms with Gasteiger partial charge in [-0.15, -0.1) is 0 Å². The highest BCUT2D eigenvalue weighted by Crippen LogP contribution is 2.29. The lowest BCUT2D eigenvalue weighted by Crippen LogP contribution is -1.87. The Morgan fingerprint density at radius 3 is 1.53 bits per heavy atom. The number of hydrogen-bond donors (Lipinski definition) is 1. The standard InChI is InChI=1S/C11H9Br2NO.C11H10BrNO2/c1-7-10(6-12)11(15-14-7)8-2-4-9(13)5-3-8;1-7-10(6-14)11(15-13-7)8-2-4-9(12)5-3-8/h2-5H,6H2,1H3;2-5,14H,6H2,1H3.